The Balaban J connectivity index is 1.57. The minimum absolute atomic E-state index is 0.132. The van der Waals surface area contributed by atoms with Gasteiger partial charge >= 0.3 is 0 Å². The van der Waals surface area contributed by atoms with E-state index < -0.39 is 0 Å². The molecule has 2 aliphatic rings. The van der Waals surface area contributed by atoms with Crippen molar-refractivity contribution in [2.45, 2.75) is 18.3 Å². The number of rotatable bonds is 5. The van der Waals surface area contributed by atoms with Gasteiger partial charge < -0.3 is 9.42 Å². The molecule has 3 nitrogen and oxygen atoms in total. The van der Waals surface area contributed by atoms with Crippen molar-refractivity contribution in [3.05, 3.63) is 66.4 Å². The van der Waals surface area contributed by atoms with Crippen LogP contribution in [0.1, 0.15) is 18.6 Å². The highest BCUT2D eigenvalue weighted by Gasteiger charge is 2.51. The largest absolute Gasteiger partial charge is 0.359 e. The van der Waals surface area contributed by atoms with E-state index in [9.17, 15) is 0 Å². The quantitative estimate of drug-likeness (QED) is 0.620. The van der Waals surface area contributed by atoms with Crippen LogP contribution < -0.4 is 0 Å². The van der Waals surface area contributed by atoms with Gasteiger partial charge in [-0.15, -0.1) is 0 Å². The number of aromatic nitrogens is 1. The zero-order valence-corrected chi connectivity index (χ0v) is 16.3. The monoisotopic (exact) mass is 376 g/mol. The second kappa shape index (κ2) is 7.17. The van der Waals surface area contributed by atoms with Gasteiger partial charge in [0.1, 0.15) is 5.69 Å². The number of hydrogen-bond donors (Lipinski definition) is 0. The van der Waals surface area contributed by atoms with E-state index in [1.807, 2.05) is 6.07 Å². The van der Waals surface area contributed by atoms with Crippen LogP contribution in [-0.2, 0) is 5.41 Å². The molecule has 3 aromatic rings. The van der Waals surface area contributed by atoms with E-state index in [1.165, 1.54) is 48.6 Å². The summed E-state index contributed by atoms with van der Waals surface area (Å²) in [6, 6.07) is 21.0. The fourth-order valence-electron chi connectivity index (χ4n) is 4.11. The van der Waals surface area contributed by atoms with Gasteiger partial charge in [-0.05, 0) is 18.4 Å². The molecule has 0 unspecified atom stereocenters. The van der Waals surface area contributed by atoms with Gasteiger partial charge in [0.2, 0.25) is 0 Å². The van der Waals surface area contributed by atoms with Crippen LogP contribution in [0, 0.1) is 0 Å². The van der Waals surface area contributed by atoms with Crippen molar-refractivity contribution < 1.29 is 4.52 Å². The maximum absolute atomic E-state index is 6.09. The standard InChI is InChI=1S/C23H24N2OS/c1-3-7-18(8-4-1)20-21(19-9-5-2-6-10-19)24-26-22(20)23(11-12-23)17-25-13-15-27-16-14-25/h1-10H,11-17H2. The Kier molecular flexibility index (Phi) is 4.54. The molecule has 27 heavy (non-hydrogen) atoms. The lowest BCUT2D eigenvalue weighted by atomic mass is 9.91. The smallest absolute Gasteiger partial charge is 0.152 e. The summed E-state index contributed by atoms with van der Waals surface area (Å²) in [6.45, 7) is 3.47. The second-order valence-corrected chi connectivity index (χ2v) is 8.86. The van der Waals surface area contributed by atoms with Gasteiger partial charge in [-0.1, -0.05) is 65.8 Å². The summed E-state index contributed by atoms with van der Waals surface area (Å²) in [5.41, 5.74) is 4.61. The van der Waals surface area contributed by atoms with Crippen LogP contribution in [0.5, 0.6) is 0 Å². The summed E-state index contributed by atoms with van der Waals surface area (Å²) >= 11 is 2.06. The lowest BCUT2D eigenvalue weighted by molar-refractivity contribution is 0.247. The van der Waals surface area contributed by atoms with Crippen LogP contribution in [0.4, 0.5) is 0 Å². The molecule has 0 N–H and O–H groups in total. The maximum atomic E-state index is 6.09. The third kappa shape index (κ3) is 3.32. The number of nitrogens with zero attached hydrogens (tertiary/aromatic N) is 2. The predicted octanol–water partition coefficient (Wildman–Crippen LogP) is 5.09. The molecule has 5 rings (SSSR count). The number of hydrogen-bond acceptors (Lipinski definition) is 4. The molecule has 1 aliphatic heterocycles. The lowest BCUT2D eigenvalue weighted by Gasteiger charge is -2.29. The lowest BCUT2D eigenvalue weighted by Crippen LogP contribution is -2.38. The molecule has 2 fully saturated rings. The fourth-order valence-corrected chi connectivity index (χ4v) is 5.09. The normalized spacial score (nSPS) is 19.1. The summed E-state index contributed by atoms with van der Waals surface area (Å²) in [7, 11) is 0. The highest BCUT2D eigenvalue weighted by Crippen LogP contribution is 2.53. The Hall–Kier alpha value is -2.04. The van der Waals surface area contributed by atoms with Crippen LogP contribution in [0.3, 0.4) is 0 Å². The molecule has 1 saturated carbocycles. The summed E-state index contributed by atoms with van der Waals surface area (Å²) in [5, 5.41) is 4.56. The predicted molar refractivity (Wildman–Crippen MR) is 112 cm³/mol. The fraction of sp³-hybridized carbons (Fsp3) is 0.348. The van der Waals surface area contributed by atoms with E-state index in [0.29, 0.717) is 0 Å². The van der Waals surface area contributed by atoms with Crippen molar-refractivity contribution in [2.24, 2.45) is 0 Å². The van der Waals surface area contributed by atoms with Gasteiger partial charge in [0, 0.05) is 42.1 Å². The molecule has 0 bridgehead atoms. The summed E-state index contributed by atoms with van der Waals surface area (Å²) in [4.78, 5) is 2.61. The van der Waals surface area contributed by atoms with Gasteiger partial charge in [0.25, 0.3) is 0 Å². The molecule has 2 heterocycles. The van der Waals surface area contributed by atoms with Gasteiger partial charge in [-0.2, -0.15) is 11.8 Å². The van der Waals surface area contributed by atoms with Crippen LogP contribution >= 0.6 is 11.8 Å². The first kappa shape index (κ1) is 17.1. The molecule has 2 aromatic carbocycles. The Morgan fingerprint density at radius 3 is 2.15 bits per heavy atom. The minimum Gasteiger partial charge on any atom is -0.359 e. The molecular formula is C23H24N2OS. The topological polar surface area (TPSA) is 29.3 Å². The van der Waals surface area contributed by atoms with Gasteiger partial charge in [-0.3, -0.25) is 0 Å². The van der Waals surface area contributed by atoms with E-state index in [-0.39, 0.29) is 5.41 Å². The molecule has 0 radical (unpaired) electrons. The molecule has 1 aromatic heterocycles. The van der Waals surface area contributed by atoms with Crippen molar-refractivity contribution in [2.75, 3.05) is 31.1 Å². The average molecular weight is 377 g/mol. The third-order valence-electron chi connectivity index (χ3n) is 5.77. The first-order valence-electron chi connectivity index (χ1n) is 9.77. The number of benzene rings is 2. The molecule has 0 amide bonds. The highest BCUT2D eigenvalue weighted by molar-refractivity contribution is 7.99. The van der Waals surface area contributed by atoms with E-state index >= 15 is 0 Å². The molecule has 1 saturated heterocycles. The zero-order chi connectivity index (χ0) is 18.1. The molecule has 0 atom stereocenters. The third-order valence-corrected chi connectivity index (χ3v) is 6.71. The molecular weight excluding hydrogens is 352 g/mol. The zero-order valence-electron chi connectivity index (χ0n) is 15.4. The van der Waals surface area contributed by atoms with Crippen molar-refractivity contribution in [1.82, 2.24) is 10.1 Å². The summed E-state index contributed by atoms with van der Waals surface area (Å²) in [6.07, 6.45) is 2.39. The SMILES string of the molecule is c1ccc(-c2noc(C3(CN4CCSCC4)CC3)c2-c2ccccc2)cc1. The Morgan fingerprint density at radius 2 is 1.52 bits per heavy atom. The molecule has 4 heteroatoms. The summed E-state index contributed by atoms with van der Waals surface area (Å²) in [5.74, 6) is 3.58. The van der Waals surface area contributed by atoms with Gasteiger partial charge in [0.05, 0.1) is 5.56 Å². The Morgan fingerprint density at radius 1 is 0.889 bits per heavy atom. The first-order chi connectivity index (χ1) is 13.4. The number of thioether (sulfide) groups is 1. The minimum atomic E-state index is 0.132. The van der Waals surface area contributed by atoms with E-state index in [0.717, 1.165) is 23.6 Å². The van der Waals surface area contributed by atoms with Crippen LogP contribution in [-0.4, -0.2) is 41.2 Å². The Bertz CT molecular complexity index is 897. The van der Waals surface area contributed by atoms with Crippen molar-refractivity contribution in [3.63, 3.8) is 0 Å². The molecule has 0 spiro atoms. The first-order valence-corrected chi connectivity index (χ1v) is 10.9. The van der Waals surface area contributed by atoms with Gasteiger partial charge in [0.15, 0.2) is 5.76 Å². The highest BCUT2D eigenvalue weighted by atomic mass is 32.2. The average Bonchev–Trinajstić information content (AvgIpc) is 3.37. The van der Waals surface area contributed by atoms with Crippen LogP contribution in [0.2, 0.25) is 0 Å². The van der Waals surface area contributed by atoms with E-state index in [4.69, 9.17) is 4.52 Å². The van der Waals surface area contributed by atoms with Crippen molar-refractivity contribution >= 4 is 11.8 Å². The van der Waals surface area contributed by atoms with Crippen LogP contribution in [0.25, 0.3) is 22.4 Å². The molecule has 1 aliphatic carbocycles. The van der Waals surface area contributed by atoms with E-state index in [2.05, 4.69) is 76.4 Å². The van der Waals surface area contributed by atoms with Crippen molar-refractivity contribution in [3.8, 4) is 22.4 Å². The Labute approximate surface area is 164 Å². The van der Waals surface area contributed by atoms with Crippen LogP contribution in [0.15, 0.2) is 65.2 Å². The maximum Gasteiger partial charge on any atom is 0.152 e. The van der Waals surface area contributed by atoms with Gasteiger partial charge in [-0.25, -0.2) is 0 Å². The second-order valence-electron chi connectivity index (χ2n) is 7.64. The molecule has 138 valence electrons. The summed E-state index contributed by atoms with van der Waals surface area (Å²) < 4.78 is 6.09. The van der Waals surface area contributed by atoms with E-state index in [1.54, 1.807) is 0 Å². The van der Waals surface area contributed by atoms with Crippen molar-refractivity contribution in [1.29, 1.82) is 0 Å².